The van der Waals surface area contributed by atoms with Crippen LogP contribution < -0.4 is 10.6 Å². The van der Waals surface area contributed by atoms with E-state index in [9.17, 15) is 27.6 Å². The molecule has 0 bridgehead atoms. The van der Waals surface area contributed by atoms with Crippen LogP contribution in [0.3, 0.4) is 0 Å². The van der Waals surface area contributed by atoms with Gasteiger partial charge in [0.1, 0.15) is 5.82 Å². The summed E-state index contributed by atoms with van der Waals surface area (Å²) in [6.45, 7) is -1.14. The molecule has 2 rings (SSSR count). The molecule has 27 heavy (non-hydrogen) atoms. The zero-order valence-corrected chi connectivity index (χ0v) is 15.1. The smallest absolute Gasteiger partial charge is 0.339 e. The topological polar surface area (TPSA) is 84.5 Å². The van der Waals surface area contributed by atoms with E-state index < -0.39 is 48.4 Å². The van der Waals surface area contributed by atoms with Crippen LogP contribution in [0, 0.1) is 17.5 Å². The summed E-state index contributed by atoms with van der Waals surface area (Å²) in [6.07, 6.45) is 0. The van der Waals surface area contributed by atoms with Crippen LogP contribution in [0.4, 0.5) is 18.9 Å². The Hall–Kier alpha value is -2.88. The van der Waals surface area contributed by atoms with Crippen LogP contribution in [0.2, 0.25) is 0 Å². The third-order valence-electron chi connectivity index (χ3n) is 3.13. The molecule has 0 saturated carbocycles. The number of esters is 1. The molecule has 142 valence electrons. The molecule has 0 unspecified atom stereocenters. The highest BCUT2D eigenvalue weighted by Gasteiger charge is 2.14. The Bertz CT molecular complexity index is 892. The van der Waals surface area contributed by atoms with Gasteiger partial charge in [0.15, 0.2) is 18.2 Å². The van der Waals surface area contributed by atoms with Crippen molar-refractivity contribution in [1.82, 2.24) is 5.32 Å². The highest BCUT2D eigenvalue weighted by molar-refractivity contribution is 9.10. The molecule has 2 amide bonds. The molecule has 0 atom stereocenters. The molecule has 6 nitrogen and oxygen atoms in total. The maximum Gasteiger partial charge on any atom is 0.339 e. The van der Waals surface area contributed by atoms with Crippen LogP contribution in [0.1, 0.15) is 10.4 Å². The lowest BCUT2D eigenvalue weighted by Crippen LogP contribution is -2.35. The molecule has 0 radical (unpaired) electrons. The first-order valence-corrected chi connectivity index (χ1v) is 8.19. The number of nitrogens with one attached hydrogen (secondary N) is 2. The minimum absolute atomic E-state index is 0.0146. The predicted octanol–water partition coefficient (Wildman–Crippen LogP) is 2.78. The van der Waals surface area contributed by atoms with E-state index in [1.807, 2.05) is 0 Å². The first kappa shape index (κ1) is 20.4. The molecule has 0 aromatic heterocycles. The standard InChI is InChI=1S/C17H12BrF3N2O4/c18-12-5-9(19)1-3-11(12)17(26)27-8-16(25)22-7-15(24)23-10-2-4-13(20)14(21)6-10/h1-6H,7-8H2,(H,22,25)(H,23,24). The van der Waals surface area contributed by atoms with Gasteiger partial charge in [-0.25, -0.2) is 18.0 Å². The third-order valence-corrected chi connectivity index (χ3v) is 3.79. The second kappa shape index (κ2) is 9.17. The van der Waals surface area contributed by atoms with Gasteiger partial charge in [-0.15, -0.1) is 0 Å². The number of benzene rings is 2. The molecule has 0 aliphatic carbocycles. The summed E-state index contributed by atoms with van der Waals surface area (Å²) in [7, 11) is 0. The number of ether oxygens (including phenoxy) is 1. The maximum absolute atomic E-state index is 13.0. The van der Waals surface area contributed by atoms with Crippen LogP contribution in [0.5, 0.6) is 0 Å². The Balaban J connectivity index is 1.77. The molecule has 2 N–H and O–H groups in total. The fraction of sp³-hybridized carbons (Fsp3) is 0.118. The summed E-state index contributed by atoms with van der Waals surface area (Å²) >= 11 is 3.00. The van der Waals surface area contributed by atoms with Crippen molar-refractivity contribution in [2.24, 2.45) is 0 Å². The van der Waals surface area contributed by atoms with Crippen molar-refractivity contribution < 1.29 is 32.3 Å². The lowest BCUT2D eigenvalue weighted by molar-refractivity contribution is -0.126. The van der Waals surface area contributed by atoms with Crippen molar-refractivity contribution >= 4 is 39.4 Å². The number of hydrogen-bond donors (Lipinski definition) is 2. The molecule has 0 aliphatic heterocycles. The van der Waals surface area contributed by atoms with E-state index in [1.165, 1.54) is 6.07 Å². The summed E-state index contributed by atoms with van der Waals surface area (Å²) in [5.74, 6) is -5.05. The monoisotopic (exact) mass is 444 g/mol. The van der Waals surface area contributed by atoms with Gasteiger partial charge in [0.05, 0.1) is 12.1 Å². The van der Waals surface area contributed by atoms with Crippen molar-refractivity contribution in [3.63, 3.8) is 0 Å². The van der Waals surface area contributed by atoms with Crippen LogP contribution in [-0.2, 0) is 14.3 Å². The molecular weight excluding hydrogens is 433 g/mol. The van der Waals surface area contributed by atoms with Gasteiger partial charge in [-0.1, -0.05) is 0 Å². The van der Waals surface area contributed by atoms with Crippen molar-refractivity contribution in [3.05, 3.63) is 63.9 Å². The van der Waals surface area contributed by atoms with Gasteiger partial charge in [-0.3, -0.25) is 9.59 Å². The number of amides is 2. The number of halogens is 4. The summed E-state index contributed by atoms with van der Waals surface area (Å²) in [5.41, 5.74) is 0.0426. The molecule has 2 aromatic carbocycles. The number of anilines is 1. The summed E-state index contributed by atoms with van der Waals surface area (Å²) in [6, 6.07) is 6.10. The Labute approximate surface area is 159 Å². The zero-order chi connectivity index (χ0) is 20.0. The summed E-state index contributed by atoms with van der Waals surface area (Å²) in [4.78, 5) is 35.1. The van der Waals surface area contributed by atoms with Gasteiger partial charge in [-0.05, 0) is 46.3 Å². The molecule has 0 aliphatic rings. The molecule has 0 heterocycles. The first-order valence-electron chi connectivity index (χ1n) is 7.40. The van der Waals surface area contributed by atoms with Crippen molar-refractivity contribution in [2.75, 3.05) is 18.5 Å². The van der Waals surface area contributed by atoms with Gasteiger partial charge in [0, 0.05) is 16.2 Å². The van der Waals surface area contributed by atoms with Crippen molar-refractivity contribution in [1.29, 1.82) is 0 Å². The van der Waals surface area contributed by atoms with E-state index in [0.29, 0.717) is 0 Å². The molecule has 0 saturated heterocycles. The average Bonchev–Trinajstić information content (AvgIpc) is 2.61. The first-order chi connectivity index (χ1) is 12.8. The number of rotatable bonds is 6. The number of carbonyl (C=O) groups is 3. The molecule has 10 heteroatoms. The lowest BCUT2D eigenvalue weighted by Gasteiger charge is -2.08. The van der Waals surface area contributed by atoms with E-state index in [-0.39, 0.29) is 15.7 Å². The molecular formula is C17H12BrF3N2O4. The minimum Gasteiger partial charge on any atom is -0.452 e. The summed E-state index contributed by atoms with van der Waals surface area (Å²) < 4.78 is 43.7. The van der Waals surface area contributed by atoms with Crippen LogP contribution in [-0.4, -0.2) is 30.9 Å². The van der Waals surface area contributed by atoms with Crippen LogP contribution in [0.15, 0.2) is 40.9 Å². The highest BCUT2D eigenvalue weighted by Crippen LogP contribution is 2.18. The van der Waals surface area contributed by atoms with Gasteiger partial charge in [-0.2, -0.15) is 0 Å². The average molecular weight is 445 g/mol. The second-order valence-electron chi connectivity index (χ2n) is 5.15. The summed E-state index contributed by atoms with van der Waals surface area (Å²) in [5, 5.41) is 4.45. The fourth-order valence-electron chi connectivity index (χ4n) is 1.87. The lowest BCUT2D eigenvalue weighted by atomic mass is 10.2. The van der Waals surface area contributed by atoms with Crippen LogP contribution in [0.25, 0.3) is 0 Å². The predicted molar refractivity (Wildman–Crippen MR) is 92.4 cm³/mol. The van der Waals surface area contributed by atoms with E-state index in [0.717, 1.165) is 30.3 Å². The SMILES string of the molecule is O=C(COC(=O)c1ccc(F)cc1Br)NCC(=O)Nc1ccc(F)c(F)c1. The third kappa shape index (κ3) is 6.10. The van der Waals surface area contributed by atoms with E-state index in [1.54, 1.807) is 0 Å². The quantitative estimate of drug-likeness (QED) is 0.670. The maximum atomic E-state index is 13.0. The Morgan fingerprint density at radius 1 is 0.963 bits per heavy atom. The Morgan fingerprint density at radius 3 is 2.37 bits per heavy atom. The number of carbonyl (C=O) groups excluding carboxylic acids is 3. The molecule has 0 fully saturated rings. The van der Waals surface area contributed by atoms with E-state index >= 15 is 0 Å². The van der Waals surface area contributed by atoms with Gasteiger partial charge >= 0.3 is 5.97 Å². The van der Waals surface area contributed by atoms with Crippen LogP contribution >= 0.6 is 15.9 Å². The minimum atomic E-state index is -1.13. The zero-order valence-electron chi connectivity index (χ0n) is 13.5. The fourth-order valence-corrected chi connectivity index (χ4v) is 2.39. The Kier molecular flexibility index (Phi) is 6.94. The van der Waals surface area contributed by atoms with Crippen molar-refractivity contribution in [2.45, 2.75) is 0 Å². The molecule has 0 spiro atoms. The molecule has 2 aromatic rings. The normalized spacial score (nSPS) is 10.2. The Morgan fingerprint density at radius 2 is 1.70 bits per heavy atom. The number of hydrogen-bond acceptors (Lipinski definition) is 4. The van der Waals surface area contributed by atoms with Gasteiger partial charge < -0.3 is 15.4 Å². The van der Waals surface area contributed by atoms with Crippen molar-refractivity contribution in [3.8, 4) is 0 Å². The second-order valence-corrected chi connectivity index (χ2v) is 6.01. The largest absolute Gasteiger partial charge is 0.452 e. The van der Waals surface area contributed by atoms with E-state index in [4.69, 9.17) is 4.74 Å². The van der Waals surface area contributed by atoms with Gasteiger partial charge in [0.25, 0.3) is 5.91 Å². The van der Waals surface area contributed by atoms with E-state index in [2.05, 4.69) is 26.6 Å². The highest BCUT2D eigenvalue weighted by atomic mass is 79.9. The van der Waals surface area contributed by atoms with Gasteiger partial charge in [0.2, 0.25) is 5.91 Å².